The van der Waals surface area contributed by atoms with Crippen LogP contribution in [-0.2, 0) is 25.5 Å². The predicted octanol–water partition coefficient (Wildman–Crippen LogP) is 5.32. The molecule has 3 heterocycles. The number of nitrogens with zero attached hydrogens (tertiary/aromatic N) is 2. The lowest BCUT2D eigenvalue weighted by Gasteiger charge is -2.51. The molecule has 2 amide bonds. The van der Waals surface area contributed by atoms with Gasteiger partial charge in [-0.1, -0.05) is 103 Å². The van der Waals surface area contributed by atoms with Crippen LogP contribution in [0.2, 0.25) is 0 Å². The van der Waals surface area contributed by atoms with E-state index in [1.165, 1.54) is 16.7 Å². The number of ether oxygens (including phenoxy) is 1. The maximum Gasteiger partial charge on any atom is 0.334 e. The molecule has 1 aromatic heterocycles. The van der Waals surface area contributed by atoms with E-state index in [1.54, 1.807) is 12.3 Å². The Morgan fingerprint density at radius 1 is 0.860 bits per heavy atom. The quantitative estimate of drug-likeness (QED) is 0.211. The Labute approximate surface area is 254 Å². The zero-order valence-electron chi connectivity index (χ0n) is 23.2. The summed E-state index contributed by atoms with van der Waals surface area (Å²) < 4.78 is 6.22. The van der Waals surface area contributed by atoms with E-state index in [1.807, 2.05) is 121 Å². The maximum absolute atomic E-state index is 14.1. The fraction of sp³-hybridized carbons (Fsp3) is 0.143. The van der Waals surface area contributed by atoms with E-state index in [2.05, 4.69) is 10.3 Å². The van der Waals surface area contributed by atoms with Crippen molar-refractivity contribution in [2.24, 2.45) is 0 Å². The number of pyridine rings is 1. The molecule has 6 rings (SSSR count). The van der Waals surface area contributed by atoms with Gasteiger partial charge in [0.15, 0.2) is 12.1 Å². The number of hydrogen-bond acceptors (Lipinski definition) is 6. The van der Waals surface area contributed by atoms with Crippen LogP contribution in [0.4, 0.5) is 0 Å². The Bertz CT molecular complexity index is 1610. The molecule has 0 spiro atoms. The zero-order chi connectivity index (χ0) is 29.6. The van der Waals surface area contributed by atoms with E-state index >= 15 is 0 Å². The molecule has 8 heteroatoms. The maximum atomic E-state index is 14.1. The second-order valence-corrected chi connectivity index (χ2v) is 11.2. The van der Waals surface area contributed by atoms with E-state index in [4.69, 9.17) is 4.74 Å². The third kappa shape index (κ3) is 6.29. The number of fused-ring (bicyclic) bond motifs is 1. The van der Waals surface area contributed by atoms with Gasteiger partial charge in [0.1, 0.15) is 11.4 Å². The van der Waals surface area contributed by atoms with Crippen molar-refractivity contribution >= 4 is 35.6 Å². The number of esters is 1. The van der Waals surface area contributed by atoms with Crippen molar-refractivity contribution in [3.8, 4) is 0 Å². The third-order valence-electron chi connectivity index (χ3n) is 7.34. The van der Waals surface area contributed by atoms with Crippen LogP contribution in [0, 0.1) is 0 Å². The Morgan fingerprint density at radius 2 is 1.49 bits per heavy atom. The fourth-order valence-corrected chi connectivity index (χ4v) is 6.42. The highest BCUT2D eigenvalue weighted by Gasteiger charge is 2.56. The molecule has 0 aliphatic carbocycles. The Morgan fingerprint density at radius 3 is 2.12 bits per heavy atom. The van der Waals surface area contributed by atoms with Crippen LogP contribution in [0.5, 0.6) is 0 Å². The lowest BCUT2D eigenvalue weighted by atomic mass is 9.96. The molecule has 2 aliphatic heterocycles. The van der Waals surface area contributed by atoms with Gasteiger partial charge in [0.05, 0.1) is 12.1 Å². The van der Waals surface area contributed by atoms with Gasteiger partial charge in [-0.15, -0.1) is 11.8 Å². The van der Waals surface area contributed by atoms with Crippen molar-refractivity contribution < 1.29 is 19.1 Å². The second kappa shape index (κ2) is 12.9. The largest absolute Gasteiger partial charge is 0.451 e. The number of β-lactam (4-membered cyclic amide) rings is 1. The SMILES string of the molecule is O=C(Cc1ccccc1)NC1C(=O)N2C(C(=O)OC(c3ccccc3)c3ccccc3)C(C=Cc3ccccn3)=CS[C@H]12. The first kappa shape index (κ1) is 28.2. The number of amides is 2. The van der Waals surface area contributed by atoms with Crippen molar-refractivity contribution in [1.29, 1.82) is 0 Å². The lowest BCUT2D eigenvalue weighted by molar-refractivity contribution is -0.165. The number of nitrogens with one attached hydrogen (secondary N) is 1. The highest BCUT2D eigenvalue weighted by Crippen LogP contribution is 2.41. The molecular weight excluding hydrogens is 558 g/mol. The third-order valence-corrected chi connectivity index (χ3v) is 8.52. The highest BCUT2D eigenvalue weighted by atomic mass is 32.2. The minimum absolute atomic E-state index is 0.164. The molecule has 43 heavy (non-hydrogen) atoms. The van der Waals surface area contributed by atoms with Gasteiger partial charge in [-0.25, -0.2) is 4.79 Å². The van der Waals surface area contributed by atoms with Crippen LogP contribution in [-0.4, -0.2) is 45.1 Å². The zero-order valence-corrected chi connectivity index (χ0v) is 24.0. The van der Waals surface area contributed by atoms with Gasteiger partial charge in [-0.3, -0.25) is 14.6 Å². The summed E-state index contributed by atoms with van der Waals surface area (Å²) in [7, 11) is 0. The first-order valence-corrected chi connectivity index (χ1v) is 14.9. The van der Waals surface area contributed by atoms with Crippen LogP contribution in [0.3, 0.4) is 0 Å². The predicted molar refractivity (Wildman–Crippen MR) is 166 cm³/mol. The summed E-state index contributed by atoms with van der Waals surface area (Å²) in [5.41, 5.74) is 3.82. The summed E-state index contributed by atoms with van der Waals surface area (Å²) in [6.07, 6.45) is 4.80. The van der Waals surface area contributed by atoms with Crippen LogP contribution < -0.4 is 5.32 Å². The van der Waals surface area contributed by atoms with Crippen molar-refractivity contribution in [1.82, 2.24) is 15.2 Å². The molecule has 4 aromatic rings. The molecule has 7 nitrogen and oxygen atoms in total. The van der Waals surface area contributed by atoms with Crippen molar-refractivity contribution in [3.05, 3.63) is 155 Å². The van der Waals surface area contributed by atoms with Gasteiger partial charge in [0.25, 0.3) is 0 Å². The number of rotatable bonds is 9. The summed E-state index contributed by atoms with van der Waals surface area (Å²) >= 11 is 1.40. The van der Waals surface area contributed by atoms with Crippen molar-refractivity contribution in [2.75, 3.05) is 0 Å². The van der Waals surface area contributed by atoms with Gasteiger partial charge in [0.2, 0.25) is 11.8 Å². The minimum atomic E-state index is -0.990. The fourth-order valence-electron chi connectivity index (χ4n) is 5.22. The number of carbonyl (C=O) groups excluding carboxylic acids is 3. The topological polar surface area (TPSA) is 88.6 Å². The standard InChI is InChI=1S/C35H29N3O4S/c39-29(22-24-12-4-1-5-13-24)37-30-33(40)38-31(27(23-43-34(30)38)19-20-28-18-10-11-21-36-28)35(41)42-32(25-14-6-2-7-15-25)26-16-8-3-9-17-26/h1-21,23,30-32,34H,22H2,(H,37,39)/t30?,31?,34-/m1/s1. The van der Waals surface area contributed by atoms with E-state index in [9.17, 15) is 14.4 Å². The molecule has 3 aromatic carbocycles. The molecule has 0 bridgehead atoms. The number of thioether (sulfide) groups is 1. The average molecular weight is 588 g/mol. The second-order valence-electron chi connectivity index (χ2n) is 10.2. The molecule has 0 saturated carbocycles. The van der Waals surface area contributed by atoms with Crippen molar-refractivity contribution in [2.45, 2.75) is 30.0 Å². The normalized spacial score (nSPS) is 19.4. The number of hydrogen-bond donors (Lipinski definition) is 1. The van der Waals surface area contributed by atoms with E-state index in [0.717, 1.165) is 22.4 Å². The van der Waals surface area contributed by atoms with E-state index in [0.29, 0.717) is 5.57 Å². The summed E-state index contributed by atoms with van der Waals surface area (Å²) in [6, 6.07) is 32.3. The Hall–Kier alpha value is -4.95. The summed E-state index contributed by atoms with van der Waals surface area (Å²) in [5, 5.41) is 4.31. The number of carbonyl (C=O) groups is 3. The van der Waals surface area contributed by atoms with Gasteiger partial charge in [0, 0.05) is 6.20 Å². The summed E-state index contributed by atoms with van der Waals surface area (Å²) in [5.74, 6) is -1.13. The van der Waals surface area contributed by atoms with Gasteiger partial charge in [-0.2, -0.15) is 0 Å². The van der Waals surface area contributed by atoms with E-state index < -0.39 is 29.5 Å². The molecule has 1 fully saturated rings. The van der Waals surface area contributed by atoms with Crippen LogP contribution in [0.15, 0.2) is 132 Å². The molecular formula is C35H29N3O4S. The van der Waals surface area contributed by atoms with E-state index in [-0.39, 0.29) is 18.2 Å². The molecule has 1 N–H and O–H groups in total. The number of benzene rings is 3. The molecule has 1 saturated heterocycles. The average Bonchev–Trinajstić information content (AvgIpc) is 3.06. The van der Waals surface area contributed by atoms with Crippen LogP contribution in [0.1, 0.15) is 28.5 Å². The Kier molecular flexibility index (Phi) is 8.47. The first-order chi connectivity index (χ1) is 21.1. The van der Waals surface area contributed by atoms with Gasteiger partial charge < -0.3 is 15.0 Å². The Balaban J connectivity index is 1.27. The summed E-state index contributed by atoms with van der Waals surface area (Å²) in [4.78, 5) is 46.3. The summed E-state index contributed by atoms with van der Waals surface area (Å²) in [6.45, 7) is 0. The molecule has 2 aliphatic rings. The lowest BCUT2D eigenvalue weighted by Crippen LogP contribution is -2.74. The minimum Gasteiger partial charge on any atom is -0.451 e. The number of aromatic nitrogens is 1. The molecule has 214 valence electrons. The smallest absolute Gasteiger partial charge is 0.334 e. The van der Waals surface area contributed by atoms with Crippen LogP contribution in [0.25, 0.3) is 6.08 Å². The monoisotopic (exact) mass is 587 g/mol. The van der Waals surface area contributed by atoms with Gasteiger partial charge >= 0.3 is 5.97 Å². The van der Waals surface area contributed by atoms with Gasteiger partial charge in [-0.05, 0) is 45.9 Å². The van der Waals surface area contributed by atoms with Crippen molar-refractivity contribution in [3.63, 3.8) is 0 Å². The first-order valence-electron chi connectivity index (χ1n) is 14.0. The van der Waals surface area contributed by atoms with Crippen LogP contribution >= 0.6 is 11.8 Å². The molecule has 0 radical (unpaired) electrons. The highest BCUT2D eigenvalue weighted by molar-refractivity contribution is 8.03. The molecule has 2 unspecified atom stereocenters. The molecule has 3 atom stereocenters.